The number of nitrogens with one attached hydrogen (secondary N) is 1. The first kappa shape index (κ1) is 20.9. The lowest BCUT2D eigenvalue weighted by Crippen LogP contribution is -2.03. The lowest BCUT2D eigenvalue weighted by atomic mass is 10.0. The van der Waals surface area contributed by atoms with E-state index in [0.717, 1.165) is 27.5 Å². The van der Waals surface area contributed by atoms with Crippen LogP contribution in [0.3, 0.4) is 0 Å². The molecule has 3 aromatic heterocycles. The van der Waals surface area contributed by atoms with Crippen LogP contribution in [0.2, 0.25) is 0 Å². The number of furan rings is 1. The number of H-pyrrole nitrogens is 1. The Labute approximate surface area is 189 Å². The summed E-state index contributed by atoms with van der Waals surface area (Å²) in [5.74, 6) is 1.57. The second-order valence-electron chi connectivity index (χ2n) is 8.22. The number of aromatic amines is 1. The zero-order chi connectivity index (χ0) is 23.4. The van der Waals surface area contributed by atoms with Crippen molar-refractivity contribution in [1.82, 2.24) is 14.8 Å². The zero-order valence-corrected chi connectivity index (χ0v) is 19.4. The fraction of sp³-hybridized carbons (Fsp3) is 0.280. The predicted molar refractivity (Wildman–Crippen MR) is 128 cm³/mol. The van der Waals surface area contributed by atoms with Crippen molar-refractivity contribution in [2.24, 2.45) is 0 Å². The van der Waals surface area contributed by atoms with Gasteiger partial charge in [0.15, 0.2) is 28.2 Å². The van der Waals surface area contributed by atoms with Gasteiger partial charge in [0, 0.05) is 34.1 Å². The first-order chi connectivity index (χ1) is 15.9. The highest BCUT2D eigenvalue weighted by molar-refractivity contribution is 6.15. The molecule has 8 nitrogen and oxygen atoms in total. The molecule has 3 heterocycles. The van der Waals surface area contributed by atoms with Crippen molar-refractivity contribution in [1.29, 1.82) is 0 Å². The van der Waals surface area contributed by atoms with E-state index in [0.29, 0.717) is 39.5 Å². The molecule has 5 rings (SSSR count). The van der Waals surface area contributed by atoms with Crippen LogP contribution in [0.25, 0.3) is 44.2 Å². The molecule has 0 amide bonds. The maximum atomic E-state index is 12.3. The maximum absolute atomic E-state index is 12.3. The monoisotopic (exact) mass is 447 g/mol. The maximum Gasteiger partial charge on any atom is 0.203 e. The fourth-order valence-electron chi connectivity index (χ4n) is 4.37. The minimum absolute atomic E-state index is 0.0690. The van der Waals surface area contributed by atoms with Crippen LogP contribution in [0, 0.1) is 6.92 Å². The van der Waals surface area contributed by atoms with Crippen molar-refractivity contribution in [3.8, 4) is 28.4 Å². The van der Waals surface area contributed by atoms with Crippen molar-refractivity contribution in [2.45, 2.75) is 26.8 Å². The van der Waals surface area contributed by atoms with Crippen LogP contribution in [-0.4, -0.2) is 36.1 Å². The van der Waals surface area contributed by atoms with E-state index in [1.165, 1.54) is 0 Å². The third-order valence-corrected chi connectivity index (χ3v) is 6.03. The molecule has 1 N–H and O–H groups in total. The molecule has 33 heavy (non-hydrogen) atoms. The summed E-state index contributed by atoms with van der Waals surface area (Å²) in [6.07, 6.45) is 1.92. The number of hydrogen-bond acceptors (Lipinski definition) is 6. The van der Waals surface area contributed by atoms with Gasteiger partial charge in [-0.25, -0.2) is 4.98 Å². The summed E-state index contributed by atoms with van der Waals surface area (Å²) in [6.45, 7) is 5.94. The molecule has 0 atom stereocenters. The van der Waals surface area contributed by atoms with Gasteiger partial charge < -0.3 is 23.7 Å². The van der Waals surface area contributed by atoms with Crippen molar-refractivity contribution in [2.75, 3.05) is 21.3 Å². The molecule has 0 bridgehead atoms. The highest BCUT2D eigenvalue weighted by atomic mass is 16.5. The van der Waals surface area contributed by atoms with Crippen LogP contribution in [0.15, 0.2) is 39.7 Å². The van der Waals surface area contributed by atoms with Crippen molar-refractivity contribution in [3.05, 3.63) is 46.2 Å². The summed E-state index contributed by atoms with van der Waals surface area (Å²) in [6, 6.07) is 7.28. The number of fused-ring (bicyclic) bond motifs is 4. The van der Waals surface area contributed by atoms with Gasteiger partial charge in [-0.1, -0.05) is 0 Å². The number of pyridine rings is 1. The van der Waals surface area contributed by atoms with Gasteiger partial charge >= 0.3 is 0 Å². The highest BCUT2D eigenvalue weighted by Crippen LogP contribution is 2.46. The number of ether oxygens (including phenoxy) is 3. The molecule has 5 aromatic rings. The quantitative estimate of drug-likeness (QED) is 0.398. The molecule has 0 aliphatic rings. The Morgan fingerprint density at radius 3 is 2.30 bits per heavy atom. The van der Waals surface area contributed by atoms with E-state index in [2.05, 4.69) is 18.9 Å². The van der Waals surface area contributed by atoms with Crippen molar-refractivity contribution >= 4 is 33.1 Å². The van der Waals surface area contributed by atoms with E-state index in [1.54, 1.807) is 40.4 Å². The van der Waals surface area contributed by atoms with Crippen LogP contribution < -0.4 is 19.6 Å². The summed E-state index contributed by atoms with van der Waals surface area (Å²) < 4.78 is 25.0. The summed E-state index contributed by atoms with van der Waals surface area (Å²) in [5.41, 5.74) is 4.75. The van der Waals surface area contributed by atoms with Crippen LogP contribution >= 0.6 is 0 Å². The summed E-state index contributed by atoms with van der Waals surface area (Å²) in [7, 11) is 4.74. The Kier molecular flexibility index (Phi) is 4.81. The molecule has 0 aliphatic heterocycles. The second kappa shape index (κ2) is 7.58. The number of hydrogen-bond donors (Lipinski definition) is 1. The largest absolute Gasteiger partial charge is 0.493 e. The number of aryl methyl sites for hydroxylation is 1. The van der Waals surface area contributed by atoms with E-state index in [-0.39, 0.29) is 11.5 Å². The Morgan fingerprint density at radius 1 is 1.00 bits per heavy atom. The van der Waals surface area contributed by atoms with Crippen LogP contribution in [-0.2, 0) is 0 Å². The first-order valence-corrected chi connectivity index (χ1v) is 10.6. The smallest absolute Gasteiger partial charge is 0.203 e. The van der Waals surface area contributed by atoms with Gasteiger partial charge in [-0.15, -0.1) is 0 Å². The second-order valence-corrected chi connectivity index (χ2v) is 8.22. The SMILES string of the molecule is COc1cc(-c2c3c[nH]n(C(C)C)c3nc3c2oc2c(C)c(=O)ccc23)cc(OC)c1OC. The van der Waals surface area contributed by atoms with Gasteiger partial charge in [-0.05, 0) is 50.6 Å². The fourth-order valence-corrected chi connectivity index (χ4v) is 4.37. The molecule has 170 valence electrons. The number of aromatic nitrogens is 3. The number of nitrogens with zero attached hydrogens (tertiary/aromatic N) is 2. The third kappa shape index (κ3) is 2.97. The van der Waals surface area contributed by atoms with Gasteiger partial charge in [-0.2, -0.15) is 0 Å². The Hall–Kier alpha value is -3.94. The average molecular weight is 447 g/mol. The number of benzene rings is 2. The molecule has 0 saturated carbocycles. The molecule has 0 saturated heterocycles. The minimum Gasteiger partial charge on any atom is -0.493 e. The number of rotatable bonds is 5. The van der Waals surface area contributed by atoms with E-state index < -0.39 is 0 Å². The molecule has 0 radical (unpaired) electrons. The van der Waals surface area contributed by atoms with E-state index >= 15 is 0 Å². The van der Waals surface area contributed by atoms with Crippen molar-refractivity contribution in [3.63, 3.8) is 0 Å². The van der Waals surface area contributed by atoms with E-state index in [1.807, 2.05) is 23.0 Å². The molecule has 0 spiro atoms. The molecule has 0 aliphatic carbocycles. The molecule has 2 aromatic carbocycles. The summed E-state index contributed by atoms with van der Waals surface area (Å²) in [4.78, 5) is 17.3. The van der Waals surface area contributed by atoms with E-state index in [9.17, 15) is 4.79 Å². The minimum atomic E-state index is -0.0690. The standard InChI is InChI=1S/C25H25N3O5/c1-12(2)28-25-16(11-26-28)20(14-9-18(30-4)23(32-6)19(10-14)31-5)24-21(27-25)15-7-8-17(29)13(3)22(15)33-24/h7-12,26H,1-6H3. The molecule has 0 unspecified atom stereocenters. The summed E-state index contributed by atoms with van der Waals surface area (Å²) >= 11 is 0. The van der Waals surface area contributed by atoms with Gasteiger partial charge in [0.2, 0.25) is 5.75 Å². The topological polar surface area (TPSA) is 91.5 Å². The molecular formula is C25H25N3O5. The third-order valence-electron chi connectivity index (χ3n) is 6.03. The average Bonchev–Trinajstić information content (AvgIpc) is 3.40. The zero-order valence-electron chi connectivity index (χ0n) is 19.4. The predicted octanol–water partition coefficient (Wildman–Crippen LogP) is 5.21. The van der Waals surface area contributed by atoms with Crippen LogP contribution in [0.4, 0.5) is 0 Å². The Morgan fingerprint density at radius 2 is 1.70 bits per heavy atom. The lowest BCUT2D eigenvalue weighted by Gasteiger charge is -2.15. The van der Waals surface area contributed by atoms with Gasteiger partial charge in [-0.3, -0.25) is 9.48 Å². The van der Waals surface area contributed by atoms with Crippen LogP contribution in [0.5, 0.6) is 17.2 Å². The summed E-state index contributed by atoms with van der Waals surface area (Å²) in [5, 5.41) is 4.99. The van der Waals surface area contributed by atoms with Crippen molar-refractivity contribution < 1.29 is 18.6 Å². The van der Waals surface area contributed by atoms with Gasteiger partial charge in [0.05, 0.1) is 21.3 Å². The highest BCUT2D eigenvalue weighted by Gasteiger charge is 2.24. The normalized spacial score (nSPS) is 11.7. The lowest BCUT2D eigenvalue weighted by molar-refractivity contribution is 0.324. The van der Waals surface area contributed by atoms with E-state index in [4.69, 9.17) is 23.6 Å². The molecule has 8 heteroatoms. The van der Waals surface area contributed by atoms with Gasteiger partial charge in [0.25, 0.3) is 0 Å². The number of methoxy groups -OCH3 is 3. The van der Waals surface area contributed by atoms with Crippen LogP contribution in [0.1, 0.15) is 25.5 Å². The van der Waals surface area contributed by atoms with Gasteiger partial charge in [0.1, 0.15) is 11.1 Å². The Bertz CT molecular complexity index is 1560. The first-order valence-electron chi connectivity index (χ1n) is 10.6. The molecule has 0 fully saturated rings. The molecular weight excluding hydrogens is 422 g/mol. The Balaban J connectivity index is 1.99.